The molecule has 2 aliphatic heterocycles. The fraction of sp³-hybridized carbons (Fsp3) is 0.586. The predicted octanol–water partition coefficient (Wildman–Crippen LogP) is 4.28. The van der Waals surface area contributed by atoms with Crippen molar-refractivity contribution in [3.8, 4) is 11.6 Å². The van der Waals surface area contributed by atoms with Crippen molar-refractivity contribution in [3.63, 3.8) is 0 Å². The Labute approximate surface area is 222 Å². The van der Waals surface area contributed by atoms with Gasteiger partial charge in [-0.2, -0.15) is 0 Å². The number of aromatic hydroxyl groups is 1. The minimum Gasteiger partial charge on any atom is -0.508 e. The molecule has 38 heavy (non-hydrogen) atoms. The number of phenols is 1. The van der Waals surface area contributed by atoms with Crippen LogP contribution in [0.1, 0.15) is 70.3 Å². The average Bonchev–Trinajstić information content (AvgIpc) is 3.33. The Hall–Kier alpha value is -3.36. The molecule has 9 nitrogen and oxygen atoms in total. The van der Waals surface area contributed by atoms with E-state index in [1.807, 2.05) is 12.1 Å². The van der Waals surface area contributed by atoms with E-state index < -0.39 is 24.3 Å². The summed E-state index contributed by atoms with van der Waals surface area (Å²) in [5.74, 6) is 0.297. The van der Waals surface area contributed by atoms with Gasteiger partial charge in [0.15, 0.2) is 5.78 Å². The lowest BCUT2D eigenvalue weighted by Crippen LogP contribution is -2.55. The van der Waals surface area contributed by atoms with Gasteiger partial charge in [-0.25, -0.2) is 9.78 Å². The molecule has 0 radical (unpaired) electrons. The van der Waals surface area contributed by atoms with Crippen LogP contribution in [0.5, 0.6) is 11.6 Å². The number of ether oxygens (including phenoxy) is 2. The number of aromatic nitrogens is 1. The van der Waals surface area contributed by atoms with Crippen LogP contribution in [0.25, 0.3) is 10.8 Å². The quantitative estimate of drug-likeness (QED) is 0.603. The van der Waals surface area contributed by atoms with Crippen molar-refractivity contribution in [3.05, 3.63) is 30.0 Å². The van der Waals surface area contributed by atoms with Crippen molar-refractivity contribution < 1.29 is 29.0 Å². The second-order valence-corrected chi connectivity index (χ2v) is 10.9. The molecule has 1 saturated carbocycles. The molecule has 1 aromatic carbocycles. The number of rotatable bonds is 2. The van der Waals surface area contributed by atoms with Crippen molar-refractivity contribution in [2.24, 2.45) is 5.92 Å². The number of phenolic OH excluding ortho intramolecular Hbond substituents is 1. The summed E-state index contributed by atoms with van der Waals surface area (Å²) in [6, 6.07) is 4.11. The number of amides is 2. The molecular weight excluding hydrogens is 486 g/mol. The molecule has 0 unspecified atom stereocenters. The van der Waals surface area contributed by atoms with Crippen molar-refractivity contribution in [2.75, 3.05) is 13.2 Å². The van der Waals surface area contributed by atoms with Gasteiger partial charge in [-0.15, -0.1) is 0 Å². The van der Waals surface area contributed by atoms with Crippen molar-refractivity contribution in [1.29, 1.82) is 0 Å². The average molecular weight is 524 g/mol. The third-order valence-electron chi connectivity index (χ3n) is 8.20. The zero-order valence-electron chi connectivity index (χ0n) is 22.0. The number of hydrogen-bond donors (Lipinski definition) is 2. The minimum absolute atomic E-state index is 0.00723. The van der Waals surface area contributed by atoms with Crippen molar-refractivity contribution in [2.45, 2.75) is 89.3 Å². The lowest BCUT2D eigenvalue weighted by atomic mass is 9.83. The summed E-state index contributed by atoms with van der Waals surface area (Å²) in [7, 11) is 0. The molecule has 1 aromatic heterocycles. The van der Waals surface area contributed by atoms with Crippen LogP contribution in [-0.4, -0.2) is 64.1 Å². The molecule has 2 amide bonds. The third-order valence-corrected chi connectivity index (χ3v) is 8.20. The predicted molar refractivity (Wildman–Crippen MR) is 141 cm³/mol. The maximum atomic E-state index is 13.9. The number of cyclic esters (lactones) is 1. The lowest BCUT2D eigenvalue weighted by molar-refractivity contribution is -0.140. The molecule has 204 valence electrons. The number of nitrogens with zero attached hydrogens (tertiary/aromatic N) is 2. The lowest BCUT2D eigenvalue weighted by Gasteiger charge is -2.34. The summed E-state index contributed by atoms with van der Waals surface area (Å²) in [4.78, 5) is 45.4. The van der Waals surface area contributed by atoms with Crippen LogP contribution in [0.4, 0.5) is 4.79 Å². The molecule has 3 heterocycles. The van der Waals surface area contributed by atoms with Gasteiger partial charge in [0.25, 0.3) is 0 Å². The Kier molecular flexibility index (Phi) is 8.00. The highest BCUT2D eigenvalue weighted by Gasteiger charge is 2.44. The van der Waals surface area contributed by atoms with E-state index in [-0.39, 0.29) is 36.5 Å². The zero-order chi connectivity index (χ0) is 26.6. The highest BCUT2D eigenvalue weighted by molar-refractivity contribution is 5.92. The number of alkyl carbamates (subject to hydrolysis) is 1. The molecule has 1 aliphatic carbocycles. The first-order valence-corrected chi connectivity index (χ1v) is 13.9. The number of nitrogens with one attached hydrogen (secondary N) is 1. The van der Waals surface area contributed by atoms with E-state index in [1.165, 1.54) is 6.92 Å². The fourth-order valence-electron chi connectivity index (χ4n) is 6.15. The van der Waals surface area contributed by atoms with Crippen LogP contribution in [0, 0.1) is 5.92 Å². The molecule has 1 saturated heterocycles. The summed E-state index contributed by atoms with van der Waals surface area (Å²) >= 11 is 0. The van der Waals surface area contributed by atoms with Crippen LogP contribution in [0.3, 0.4) is 0 Å². The Morgan fingerprint density at radius 2 is 1.89 bits per heavy atom. The van der Waals surface area contributed by atoms with Gasteiger partial charge in [0.05, 0.1) is 19.2 Å². The Balaban J connectivity index is 1.48. The number of ketones is 1. The fourth-order valence-corrected chi connectivity index (χ4v) is 6.15. The van der Waals surface area contributed by atoms with Crippen LogP contribution >= 0.6 is 0 Å². The van der Waals surface area contributed by atoms with Crippen molar-refractivity contribution in [1.82, 2.24) is 15.2 Å². The number of carbonyl (C=O) groups excluding carboxylic acids is 3. The van der Waals surface area contributed by atoms with Crippen LogP contribution in [-0.2, 0) is 20.7 Å². The van der Waals surface area contributed by atoms with Crippen molar-refractivity contribution >= 4 is 28.6 Å². The summed E-state index contributed by atoms with van der Waals surface area (Å²) < 4.78 is 11.8. The second-order valence-electron chi connectivity index (χ2n) is 10.9. The summed E-state index contributed by atoms with van der Waals surface area (Å²) in [5.41, 5.74) is 0.801. The molecule has 3 atom stereocenters. The van der Waals surface area contributed by atoms with E-state index in [2.05, 4.69) is 10.3 Å². The number of aryl methyl sites for hydroxylation is 1. The summed E-state index contributed by atoms with van der Waals surface area (Å²) in [6.07, 6.45) is 8.80. The van der Waals surface area contributed by atoms with Gasteiger partial charge in [-0.1, -0.05) is 19.3 Å². The molecule has 0 spiro atoms. The first-order chi connectivity index (χ1) is 18.4. The summed E-state index contributed by atoms with van der Waals surface area (Å²) in [6.45, 7) is 1.97. The van der Waals surface area contributed by atoms with Gasteiger partial charge < -0.3 is 24.8 Å². The van der Waals surface area contributed by atoms with Gasteiger partial charge in [0.2, 0.25) is 11.8 Å². The Morgan fingerprint density at radius 1 is 1.11 bits per heavy atom. The maximum Gasteiger partial charge on any atom is 0.407 e. The van der Waals surface area contributed by atoms with E-state index in [9.17, 15) is 19.5 Å². The van der Waals surface area contributed by atoms with Gasteiger partial charge in [-0.05, 0) is 80.5 Å². The Bertz CT molecular complexity index is 1190. The molecule has 2 N–H and O–H groups in total. The number of pyridine rings is 1. The first-order valence-electron chi connectivity index (χ1n) is 13.9. The SMILES string of the molecule is CC(=O)[C@@H]1C[C@@H]2CN1C(=O)[C@H](C1CCCCC1)NC(=O)OCCCCCc1cc3c(nccc3cc1O)O2. The molecule has 5 rings (SSSR count). The number of carbonyl (C=O) groups is 3. The molecule has 3 aliphatic rings. The zero-order valence-corrected chi connectivity index (χ0v) is 22.0. The number of hydrogen-bond acceptors (Lipinski definition) is 7. The van der Waals surface area contributed by atoms with E-state index in [0.717, 1.165) is 61.3 Å². The normalized spacial score (nSPS) is 25.8. The molecule has 2 aromatic rings. The van der Waals surface area contributed by atoms with E-state index in [1.54, 1.807) is 17.2 Å². The first kappa shape index (κ1) is 26.3. The molecule has 4 bridgehead atoms. The van der Waals surface area contributed by atoms with E-state index >= 15 is 0 Å². The van der Waals surface area contributed by atoms with Crippen LogP contribution in [0.15, 0.2) is 24.4 Å². The monoisotopic (exact) mass is 523 g/mol. The maximum absolute atomic E-state index is 13.9. The van der Waals surface area contributed by atoms with E-state index in [0.29, 0.717) is 25.1 Å². The molecule has 2 fully saturated rings. The number of Topliss-reactive ketones (excluding diaryl/α,β-unsaturated/α-hetero) is 1. The smallest absolute Gasteiger partial charge is 0.407 e. The van der Waals surface area contributed by atoms with Gasteiger partial charge in [0.1, 0.15) is 17.9 Å². The van der Waals surface area contributed by atoms with E-state index in [4.69, 9.17) is 9.47 Å². The Morgan fingerprint density at radius 3 is 2.68 bits per heavy atom. The molecular formula is C29H37N3O6. The number of benzene rings is 1. The highest BCUT2D eigenvalue weighted by atomic mass is 16.5. The largest absolute Gasteiger partial charge is 0.508 e. The molecule has 9 heteroatoms. The second kappa shape index (κ2) is 11.6. The standard InChI is InChI=1S/C29H37N3O6/c1-18(33)24-16-22-17-32(24)28(35)26(19-8-4-2-5-9-19)31-29(36)37-13-7-3-6-10-21-14-23-20(15-25(21)34)11-12-30-27(23)38-22/h11-12,14-15,19,22,24,26,34H,2-10,13,16-17H2,1H3,(H,31,36)/t22-,24+,26+/m1/s1. The summed E-state index contributed by atoms with van der Waals surface area (Å²) in [5, 5.41) is 15.0. The third kappa shape index (κ3) is 5.71. The number of fused-ring (bicyclic) bond motifs is 3. The minimum atomic E-state index is -0.733. The topological polar surface area (TPSA) is 118 Å². The highest BCUT2D eigenvalue weighted by Crippen LogP contribution is 2.34. The van der Waals surface area contributed by atoms with Gasteiger partial charge in [-0.3, -0.25) is 9.59 Å². The van der Waals surface area contributed by atoms with Crippen LogP contribution in [0.2, 0.25) is 0 Å². The van der Waals surface area contributed by atoms with Gasteiger partial charge in [0, 0.05) is 18.0 Å². The van der Waals surface area contributed by atoms with Crippen LogP contribution < -0.4 is 10.1 Å². The van der Waals surface area contributed by atoms with Gasteiger partial charge >= 0.3 is 6.09 Å².